The molecule has 0 N–H and O–H groups in total. The van der Waals surface area contributed by atoms with Gasteiger partial charge in [0.05, 0.1) is 0 Å². The number of hydrogen-bond acceptors (Lipinski definition) is 0. The van der Waals surface area contributed by atoms with Crippen LogP contribution in [0.25, 0.3) is 5.57 Å². The summed E-state index contributed by atoms with van der Waals surface area (Å²) in [5.41, 5.74) is 4.61. The molecule has 0 aliphatic heterocycles. The van der Waals surface area contributed by atoms with Crippen molar-refractivity contribution in [3.63, 3.8) is 0 Å². The first-order valence-electron chi connectivity index (χ1n) is 6.64. The Balaban J connectivity index is 2.29. The van der Waals surface area contributed by atoms with Crippen molar-refractivity contribution in [2.75, 3.05) is 0 Å². The monoisotopic (exact) mass is 246 g/mol. The second-order valence-corrected chi connectivity index (χ2v) is 4.51. The zero-order valence-electron chi connectivity index (χ0n) is 11.5. The summed E-state index contributed by atoms with van der Waals surface area (Å²) < 4.78 is 0. The first-order chi connectivity index (χ1) is 9.29. The molecule has 0 saturated carbocycles. The summed E-state index contributed by atoms with van der Waals surface area (Å²) in [6.45, 7) is 4.22. The predicted molar refractivity (Wildman–Crippen MR) is 82.8 cm³/mol. The Labute approximate surface area is 115 Å². The molecule has 2 rings (SSSR count). The SMILES string of the molecule is CC/C=C(/C#Cc1ccc(C)cc1)c1ccccc1. The van der Waals surface area contributed by atoms with Crippen molar-refractivity contribution < 1.29 is 0 Å². The van der Waals surface area contributed by atoms with Gasteiger partial charge in [-0.05, 0) is 31.0 Å². The predicted octanol–water partition coefficient (Wildman–Crippen LogP) is 4.84. The van der Waals surface area contributed by atoms with Gasteiger partial charge in [0.2, 0.25) is 0 Å². The molecule has 19 heavy (non-hydrogen) atoms. The van der Waals surface area contributed by atoms with Crippen molar-refractivity contribution in [2.45, 2.75) is 20.3 Å². The van der Waals surface area contributed by atoms with Crippen LogP contribution in [0.4, 0.5) is 0 Å². The minimum atomic E-state index is 0.993. The van der Waals surface area contributed by atoms with Gasteiger partial charge in [0.15, 0.2) is 0 Å². The highest BCUT2D eigenvalue weighted by atomic mass is 14.0. The van der Waals surface area contributed by atoms with E-state index in [-0.39, 0.29) is 0 Å². The van der Waals surface area contributed by atoms with Gasteiger partial charge in [0, 0.05) is 11.1 Å². The zero-order valence-corrected chi connectivity index (χ0v) is 11.5. The van der Waals surface area contributed by atoms with Crippen LogP contribution >= 0.6 is 0 Å². The fraction of sp³-hybridized carbons (Fsp3) is 0.158. The van der Waals surface area contributed by atoms with E-state index in [9.17, 15) is 0 Å². The Hall–Kier alpha value is -2.26. The Kier molecular flexibility index (Phi) is 4.59. The van der Waals surface area contributed by atoms with Gasteiger partial charge in [0.1, 0.15) is 0 Å². The van der Waals surface area contributed by atoms with Gasteiger partial charge in [-0.15, -0.1) is 0 Å². The van der Waals surface area contributed by atoms with E-state index in [2.05, 4.69) is 68.2 Å². The Bertz CT molecular complexity index is 605. The van der Waals surface area contributed by atoms with Crippen LogP contribution in [0.2, 0.25) is 0 Å². The molecule has 0 fully saturated rings. The largest absolute Gasteiger partial charge is 0.0685 e. The molecule has 0 saturated heterocycles. The molecule has 0 amide bonds. The van der Waals surface area contributed by atoms with E-state index in [0.717, 1.165) is 17.6 Å². The second-order valence-electron chi connectivity index (χ2n) is 4.51. The van der Waals surface area contributed by atoms with Crippen molar-refractivity contribution in [3.8, 4) is 11.8 Å². The van der Waals surface area contributed by atoms with Crippen molar-refractivity contribution in [1.29, 1.82) is 0 Å². The molecule has 0 heterocycles. The summed E-state index contributed by atoms with van der Waals surface area (Å²) in [6.07, 6.45) is 3.17. The maximum Gasteiger partial charge on any atom is 0.0281 e. The highest BCUT2D eigenvalue weighted by Gasteiger charge is 1.95. The van der Waals surface area contributed by atoms with Gasteiger partial charge in [-0.25, -0.2) is 0 Å². The van der Waals surface area contributed by atoms with Crippen LogP contribution < -0.4 is 0 Å². The van der Waals surface area contributed by atoms with Crippen LogP contribution in [-0.4, -0.2) is 0 Å². The van der Waals surface area contributed by atoms with Crippen LogP contribution in [-0.2, 0) is 0 Å². The molecule has 0 spiro atoms. The fourth-order valence-electron chi connectivity index (χ4n) is 1.84. The molecule has 0 nitrogen and oxygen atoms in total. The highest BCUT2D eigenvalue weighted by Crippen LogP contribution is 2.14. The molecule has 0 unspecified atom stereocenters. The Morgan fingerprint density at radius 2 is 1.68 bits per heavy atom. The molecule has 0 aromatic heterocycles. The van der Waals surface area contributed by atoms with Crippen LogP contribution in [0.3, 0.4) is 0 Å². The molecule has 0 heteroatoms. The lowest BCUT2D eigenvalue weighted by atomic mass is 10.0. The van der Waals surface area contributed by atoms with E-state index in [4.69, 9.17) is 0 Å². The van der Waals surface area contributed by atoms with Gasteiger partial charge in [-0.1, -0.05) is 72.9 Å². The lowest BCUT2D eigenvalue weighted by molar-refractivity contribution is 1.23. The number of rotatable bonds is 2. The summed E-state index contributed by atoms with van der Waals surface area (Å²) in [5.74, 6) is 6.52. The Morgan fingerprint density at radius 1 is 1.00 bits per heavy atom. The molecule has 2 aromatic carbocycles. The van der Waals surface area contributed by atoms with Gasteiger partial charge in [0.25, 0.3) is 0 Å². The first-order valence-corrected chi connectivity index (χ1v) is 6.64. The third-order valence-corrected chi connectivity index (χ3v) is 2.89. The van der Waals surface area contributed by atoms with Crippen molar-refractivity contribution in [2.24, 2.45) is 0 Å². The van der Waals surface area contributed by atoms with E-state index < -0.39 is 0 Å². The quantitative estimate of drug-likeness (QED) is 0.665. The highest BCUT2D eigenvalue weighted by molar-refractivity contribution is 5.79. The molecule has 0 atom stereocenters. The van der Waals surface area contributed by atoms with Gasteiger partial charge < -0.3 is 0 Å². The van der Waals surface area contributed by atoms with E-state index in [1.807, 2.05) is 18.2 Å². The van der Waals surface area contributed by atoms with Gasteiger partial charge >= 0.3 is 0 Å². The van der Waals surface area contributed by atoms with Gasteiger partial charge in [-0.3, -0.25) is 0 Å². The van der Waals surface area contributed by atoms with E-state index in [1.54, 1.807) is 0 Å². The van der Waals surface area contributed by atoms with E-state index in [0.29, 0.717) is 0 Å². The summed E-state index contributed by atoms with van der Waals surface area (Å²) in [5, 5.41) is 0. The van der Waals surface area contributed by atoms with E-state index in [1.165, 1.54) is 11.1 Å². The maximum absolute atomic E-state index is 3.28. The summed E-state index contributed by atoms with van der Waals surface area (Å²) >= 11 is 0. The smallest absolute Gasteiger partial charge is 0.0281 e. The minimum absolute atomic E-state index is 0.993. The van der Waals surface area contributed by atoms with E-state index >= 15 is 0 Å². The lowest BCUT2D eigenvalue weighted by Crippen LogP contribution is -1.81. The average Bonchev–Trinajstić information content (AvgIpc) is 2.46. The molecule has 0 aliphatic carbocycles. The van der Waals surface area contributed by atoms with Crippen molar-refractivity contribution >= 4 is 5.57 Å². The number of aryl methyl sites for hydroxylation is 1. The van der Waals surface area contributed by atoms with Crippen LogP contribution in [0, 0.1) is 18.8 Å². The minimum Gasteiger partial charge on any atom is -0.0685 e. The summed E-state index contributed by atoms with van der Waals surface area (Å²) in [7, 11) is 0. The van der Waals surface area contributed by atoms with Crippen LogP contribution in [0.1, 0.15) is 30.0 Å². The third-order valence-electron chi connectivity index (χ3n) is 2.89. The zero-order chi connectivity index (χ0) is 13.5. The van der Waals surface area contributed by atoms with Crippen molar-refractivity contribution in [1.82, 2.24) is 0 Å². The molecular weight excluding hydrogens is 228 g/mol. The molecule has 0 bridgehead atoms. The summed E-state index contributed by atoms with van der Waals surface area (Å²) in [6, 6.07) is 18.6. The molecular formula is C19H18. The van der Waals surface area contributed by atoms with Crippen LogP contribution in [0.5, 0.6) is 0 Å². The lowest BCUT2D eigenvalue weighted by Gasteiger charge is -1.99. The fourth-order valence-corrected chi connectivity index (χ4v) is 1.84. The van der Waals surface area contributed by atoms with Gasteiger partial charge in [-0.2, -0.15) is 0 Å². The van der Waals surface area contributed by atoms with Crippen molar-refractivity contribution in [3.05, 3.63) is 77.4 Å². The number of hydrogen-bond donors (Lipinski definition) is 0. The molecule has 0 radical (unpaired) electrons. The summed E-state index contributed by atoms with van der Waals surface area (Å²) in [4.78, 5) is 0. The topological polar surface area (TPSA) is 0 Å². The first kappa shape index (κ1) is 13.2. The molecule has 2 aromatic rings. The normalized spacial score (nSPS) is 10.7. The maximum atomic E-state index is 3.28. The molecule has 0 aliphatic rings. The second kappa shape index (κ2) is 6.61. The third kappa shape index (κ3) is 3.86. The number of allylic oxidation sites excluding steroid dienone is 2. The average molecular weight is 246 g/mol. The standard InChI is InChI=1S/C19H18/c1-3-7-18(19-8-5-4-6-9-19)15-14-17-12-10-16(2)11-13-17/h4-13H,3H2,1-2H3/b18-7-. The Morgan fingerprint density at radius 3 is 2.32 bits per heavy atom. The van der Waals surface area contributed by atoms with Crippen LogP contribution in [0.15, 0.2) is 60.7 Å². The number of benzene rings is 2. The molecule has 94 valence electrons.